The Morgan fingerprint density at radius 1 is 1.04 bits per heavy atom. The topological polar surface area (TPSA) is 68.8 Å². The van der Waals surface area contributed by atoms with E-state index >= 15 is 0 Å². The van der Waals surface area contributed by atoms with E-state index in [9.17, 15) is 4.79 Å². The van der Waals surface area contributed by atoms with Gasteiger partial charge in [0.25, 0.3) is 0 Å². The van der Waals surface area contributed by atoms with Crippen LogP contribution in [0.2, 0.25) is 0 Å². The van der Waals surface area contributed by atoms with Crippen LogP contribution in [0, 0.1) is 20.8 Å². The van der Waals surface area contributed by atoms with Crippen LogP contribution < -0.4 is 0 Å². The molecule has 1 amide bonds. The molecule has 0 spiro atoms. The van der Waals surface area contributed by atoms with E-state index in [1.165, 1.54) is 0 Å². The van der Waals surface area contributed by atoms with Crippen molar-refractivity contribution in [1.29, 1.82) is 0 Å². The first-order chi connectivity index (χ1) is 13.0. The molecule has 2 aromatic heterocycles. The standard InChI is InChI=1S/C20H24N6O/c1-14-15(2)23-26(16(14)3)13-19(27)24-10-9-18-21-22-20(25(18)12-11-24)17-7-5-4-6-8-17/h4-8H,9-13H2,1-3H3. The van der Waals surface area contributed by atoms with E-state index in [1.54, 1.807) is 0 Å². The number of carbonyl (C=O) groups is 1. The Morgan fingerprint density at radius 3 is 2.52 bits per heavy atom. The molecule has 1 aromatic carbocycles. The van der Waals surface area contributed by atoms with Crippen LogP contribution in [0.4, 0.5) is 0 Å². The van der Waals surface area contributed by atoms with Crippen LogP contribution in [0.1, 0.15) is 22.8 Å². The molecule has 27 heavy (non-hydrogen) atoms. The zero-order valence-electron chi connectivity index (χ0n) is 16.0. The molecule has 0 saturated heterocycles. The van der Waals surface area contributed by atoms with Gasteiger partial charge in [-0.15, -0.1) is 10.2 Å². The van der Waals surface area contributed by atoms with Crippen molar-refractivity contribution in [3.63, 3.8) is 0 Å². The van der Waals surface area contributed by atoms with Crippen LogP contribution >= 0.6 is 0 Å². The lowest BCUT2D eigenvalue weighted by molar-refractivity contribution is -0.132. The van der Waals surface area contributed by atoms with Gasteiger partial charge < -0.3 is 9.47 Å². The Kier molecular flexibility index (Phi) is 4.51. The first kappa shape index (κ1) is 17.5. The number of rotatable bonds is 3. The van der Waals surface area contributed by atoms with Gasteiger partial charge in [0.15, 0.2) is 5.82 Å². The van der Waals surface area contributed by atoms with Crippen molar-refractivity contribution < 1.29 is 4.79 Å². The number of nitrogens with zero attached hydrogens (tertiary/aromatic N) is 6. The summed E-state index contributed by atoms with van der Waals surface area (Å²) in [4.78, 5) is 14.8. The van der Waals surface area contributed by atoms with Crippen molar-refractivity contribution >= 4 is 5.91 Å². The molecular weight excluding hydrogens is 340 g/mol. The van der Waals surface area contributed by atoms with E-state index in [-0.39, 0.29) is 12.5 Å². The van der Waals surface area contributed by atoms with Gasteiger partial charge >= 0.3 is 0 Å². The zero-order valence-corrected chi connectivity index (χ0v) is 16.0. The van der Waals surface area contributed by atoms with Crippen LogP contribution in [0.25, 0.3) is 11.4 Å². The van der Waals surface area contributed by atoms with Gasteiger partial charge in [-0.05, 0) is 26.3 Å². The number of aryl methyl sites for hydroxylation is 1. The minimum atomic E-state index is 0.0978. The normalized spacial score (nSPS) is 14.1. The molecule has 0 saturated carbocycles. The Morgan fingerprint density at radius 2 is 1.81 bits per heavy atom. The van der Waals surface area contributed by atoms with Crippen molar-refractivity contribution in [3.05, 3.63) is 53.1 Å². The molecule has 140 valence electrons. The summed E-state index contributed by atoms with van der Waals surface area (Å²) in [7, 11) is 0. The largest absolute Gasteiger partial charge is 0.339 e. The fraction of sp³-hybridized carbons (Fsp3) is 0.400. The Balaban J connectivity index is 1.49. The first-order valence-electron chi connectivity index (χ1n) is 9.30. The average Bonchev–Trinajstić information content (AvgIpc) is 3.10. The highest BCUT2D eigenvalue weighted by molar-refractivity contribution is 5.76. The minimum Gasteiger partial charge on any atom is -0.339 e. The second-order valence-corrected chi connectivity index (χ2v) is 7.04. The molecule has 0 N–H and O–H groups in total. The van der Waals surface area contributed by atoms with Crippen molar-refractivity contribution in [3.8, 4) is 11.4 Å². The summed E-state index contributed by atoms with van der Waals surface area (Å²) in [5.74, 6) is 1.90. The maximum atomic E-state index is 12.8. The van der Waals surface area contributed by atoms with E-state index in [1.807, 2.05) is 60.7 Å². The number of fused-ring (bicyclic) bond motifs is 1. The number of benzene rings is 1. The second-order valence-electron chi connectivity index (χ2n) is 7.04. The molecule has 3 aromatic rings. The number of amides is 1. The molecule has 3 heterocycles. The Bertz CT molecular complexity index is 972. The number of carbonyl (C=O) groups excluding carboxylic acids is 1. The van der Waals surface area contributed by atoms with Gasteiger partial charge in [-0.3, -0.25) is 9.48 Å². The minimum absolute atomic E-state index is 0.0978. The molecule has 0 atom stereocenters. The van der Waals surface area contributed by atoms with Crippen molar-refractivity contribution in [2.75, 3.05) is 13.1 Å². The fourth-order valence-corrected chi connectivity index (χ4v) is 3.54. The molecular formula is C20H24N6O. The number of hydrogen-bond acceptors (Lipinski definition) is 4. The van der Waals surface area contributed by atoms with Gasteiger partial charge in [-0.2, -0.15) is 5.10 Å². The molecule has 0 aliphatic carbocycles. The van der Waals surface area contributed by atoms with Crippen molar-refractivity contribution in [1.82, 2.24) is 29.4 Å². The van der Waals surface area contributed by atoms with Crippen LogP contribution in [-0.2, 0) is 24.3 Å². The lowest BCUT2D eigenvalue weighted by Gasteiger charge is -2.20. The van der Waals surface area contributed by atoms with Crippen LogP contribution in [-0.4, -0.2) is 48.4 Å². The molecule has 7 nitrogen and oxygen atoms in total. The quantitative estimate of drug-likeness (QED) is 0.714. The van der Waals surface area contributed by atoms with Gasteiger partial charge in [-0.25, -0.2) is 0 Å². The third-order valence-corrected chi connectivity index (χ3v) is 5.44. The number of aromatic nitrogens is 5. The fourth-order valence-electron chi connectivity index (χ4n) is 3.54. The number of hydrogen-bond donors (Lipinski definition) is 0. The van der Waals surface area contributed by atoms with Crippen LogP contribution in [0.15, 0.2) is 30.3 Å². The first-order valence-corrected chi connectivity index (χ1v) is 9.30. The summed E-state index contributed by atoms with van der Waals surface area (Å²) < 4.78 is 3.95. The van der Waals surface area contributed by atoms with Crippen molar-refractivity contribution in [2.24, 2.45) is 0 Å². The van der Waals surface area contributed by atoms with Crippen molar-refractivity contribution in [2.45, 2.75) is 40.3 Å². The lowest BCUT2D eigenvalue weighted by Crippen LogP contribution is -2.36. The summed E-state index contributed by atoms with van der Waals surface area (Å²) in [6.07, 6.45) is 0.710. The molecule has 1 aliphatic heterocycles. The van der Waals surface area contributed by atoms with Gasteiger partial charge in [0.2, 0.25) is 5.91 Å². The Hall–Kier alpha value is -2.96. The zero-order chi connectivity index (χ0) is 19.0. The van der Waals surface area contributed by atoms with Gasteiger partial charge in [0.05, 0.1) is 5.69 Å². The summed E-state index contributed by atoms with van der Waals surface area (Å²) in [6, 6.07) is 10.1. The summed E-state index contributed by atoms with van der Waals surface area (Å²) in [6.45, 7) is 8.33. The van der Waals surface area contributed by atoms with Gasteiger partial charge in [0.1, 0.15) is 12.4 Å². The van der Waals surface area contributed by atoms with E-state index in [2.05, 4.69) is 19.9 Å². The smallest absolute Gasteiger partial charge is 0.244 e. The SMILES string of the molecule is Cc1nn(CC(=O)N2CCc3nnc(-c4ccccc4)n3CC2)c(C)c1C. The highest BCUT2D eigenvalue weighted by Gasteiger charge is 2.23. The molecule has 0 radical (unpaired) electrons. The monoisotopic (exact) mass is 364 g/mol. The maximum Gasteiger partial charge on any atom is 0.244 e. The maximum absolute atomic E-state index is 12.8. The molecule has 1 aliphatic rings. The van der Waals surface area contributed by atoms with E-state index < -0.39 is 0 Å². The Labute approximate surface area is 158 Å². The van der Waals surface area contributed by atoms with Gasteiger partial charge in [-0.1, -0.05) is 30.3 Å². The third kappa shape index (κ3) is 3.25. The van der Waals surface area contributed by atoms with E-state index in [0.29, 0.717) is 26.1 Å². The summed E-state index contributed by atoms with van der Waals surface area (Å²) in [5, 5.41) is 13.2. The molecule has 0 fully saturated rings. The summed E-state index contributed by atoms with van der Waals surface area (Å²) in [5.41, 5.74) is 4.24. The van der Waals surface area contributed by atoms with E-state index in [0.717, 1.165) is 34.2 Å². The molecule has 4 rings (SSSR count). The van der Waals surface area contributed by atoms with E-state index in [4.69, 9.17) is 0 Å². The predicted octanol–water partition coefficient (Wildman–Crippen LogP) is 2.15. The van der Waals surface area contributed by atoms with Crippen LogP contribution in [0.3, 0.4) is 0 Å². The second kappa shape index (κ2) is 6.98. The molecule has 0 unspecified atom stereocenters. The average molecular weight is 364 g/mol. The predicted molar refractivity (Wildman–Crippen MR) is 102 cm³/mol. The highest BCUT2D eigenvalue weighted by atomic mass is 16.2. The lowest BCUT2D eigenvalue weighted by atomic mass is 10.2. The highest BCUT2D eigenvalue weighted by Crippen LogP contribution is 2.20. The molecule has 7 heteroatoms. The molecule has 0 bridgehead atoms. The van der Waals surface area contributed by atoms with Gasteiger partial charge in [0, 0.05) is 37.3 Å². The third-order valence-electron chi connectivity index (χ3n) is 5.44. The van der Waals surface area contributed by atoms with Crippen LogP contribution in [0.5, 0.6) is 0 Å². The summed E-state index contributed by atoms with van der Waals surface area (Å²) >= 11 is 0.